The molecule has 2 aromatic rings. The minimum absolute atomic E-state index is 0.577. The quantitative estimate of drug-likeness (QED) is 0.295. The molecule has 1 atom stereocenters. The van der Waals surface area contributed by atoms with Crippen molar-refractivity contribution in [3.8, 4) is 0 Å². The average molecular weight is 486 g/mol. The number of aromatic nitrogens is 1. The average Bonchev–Trinajstić information content (AvgIpc) is 3.31. The lowest BCUT2D eigenvalue weighted by Crippen LogP contribution is -2.30. The third kappa shape index (κ3) is 4.36. The Hall–Kier alpha value is -4.10. The van der Waals surface area contributed by atoms with Crippen LogP contribution in [0.4, 0.5) is 0 Å². The van der Waals surface area contributed by atoms with E-state index in [0.717, 1.165) is 33.5 Å². The molecule has 3 rings (SSSR count). The van der Waals surface area contributed by atoms with Crippen LogP contribution < -0.4 is 0 Å². The van der Waals surface area contributed by atoms with Gasteiger partial charge in [0.05, 0.1) is 5.41 Å². The number of hydrogen-bond donors (Lipinski definition) is 0. The standard InChI is InChI=1S/C36H39N/c1-10-17-22-27(13-4)36(33(21-12-3)29(15-6)30-23-18-19-24-34(30)36)28(14-5)25-32-26(8)37(9)35(16-7)31(32)20-11-2/h10-25H,1,5-7H2,2-4,8-9H3/b20-11-,21-12-,22-17-,27-13+,28-25+. The van der Waals surface area contributed by atoms with Crippen LogP contribution in [0.1, 0.15) is 54.4 Å². The van der Waals surface area contributed by atoms with Gasteiger partial charge in [0.1, 0.15) is 0 Å². The van der Waals surface area contributed by atoms with Crippen LogP contribution in [0.15, 0.2) is 122 Å². The van der Waals surface area contributed by atoms with Gasteiger partial charge in [-0.2, -0.15) is 0 Å². The van der Waals surface area contributed by atoms with E-state index in [4.69, 9.17) is 0 Å². The van der Waals surface area contributed by atoms with Crippen LogP contribution in [0.3, 0.4) is 0 Å². The molecule has 0 fully saturated rings. The normalized spacial score (nSPS) is 18.3. The first kappa shape index (κ1) is 27.5. The van der Waals surface area contributed by atoms with Crippen molar-refractivity contribution < 1.29 is 0 Å². The number of fused-ring (bicyclic) bond motifs is 1. The van der Waals surface area contributed by atoms with Gasteiger partial charge in [0.2, 0.25) is 0 Å². The summed E-state index contributed by atoms with van der Waals surface area (Å²) in [5, 5.41) is 0. The number of nitrogens with zero attached hydrogens (tertiary/aromatic N) is 1. The largest absolute Gasteiger partial charge is 0.347 e. The summed E-state index contributed by atoms with van der Waals surface area (Å²) in [4.78, 5) is 0. The third-order valence-corrected chi connectivity index (χ3v) is 7.31. The highest BCUT2D eigenvalue weighted by Gasteiger charge is 2.47. The zero-order valence-electron chi connectivity index (χ0n) is 23.0. The fourth-order valence-electron chi connectivity index (χ4n) is 5.66. The molecule has 1 aliphatic carbocycles. The summed E-state index contributed by atoms with van der Waals surface area (Å²) >= 11 is 0. The third-order valence-electron chi connectivity index (χ3n) is 7.31. The van der Waals surface area contributed by atoms with Crippen molar-refractivity contribution in [1.82, 2.24) is 4.57 Å². The van der Waals surface area contributed by atoms with Crippen molar-refractivity contribution in [2.75, 3.05) is 0 Å². The Morgan fingerprint density at radius 2 is 1.59 bits per heavy atom. The lowest BCUT2D eigenvalue weighted by atomic mass is 9.65. The van der Waals surface area contributed by atoms with Crippen molar-refractivity contribution in [2.24, 2.45) is 7.05 Å². The Morgan fingerprint density at radius 1 is 0.892 bits per heavy atom. The first-order valence-electron chi connectivity index (χ1n) is 12.8. The van der Waals surface area contributed by atoms with Crippen molar-refractivity contribution >= 4 is 23.8 Å². The number of benzene rings is 1. The van der Waals surface area contributed by atoms with E-state index in [1.54, 1.807) is 0 Å². The predicted molar refractivity (Wildman–Crippen MR) is 166 cm³/mol. The van der Waals surface area contributed by atoms with Crippen LogP contribution >= 0.6 is 0 Å². The fourth-order valence-corrected chi connectivity index (χ4v) is 5.66. The first-order valence-corrected chi connectivity index (χ1v) is 12.8. The molecule has 37 heavy (non-hydrogen) atoms. The molecular weight excluding hydrogens is 446 g/mol. The van der Waals surface area contributed by atoms with Gasteiger partial charge in [-0.05, 0) is 73.3 Å². The van der Waals surface area contributed by atoms with Gasteiger partial charge in [0.15, 0.2) is 0 Å². The van der Waals surface area contributed by atoms with Gasteiger partial charge in [-0.15, -0.1) is 0 Å². The van der Waals surface area contributed by atoms with Crippen molar-refractivity contribution in [3.05, 3.63) is 156 Å². The summed E-state index contributed by atoms with van der Waals surface area (Å²) in [6.07, 6.45) is 25.0. The maximum absolute atomic E-state index is 4.36. The molecule has 0 spiro atoms. The molecular formula is C36H39N. The molecule has 0 amide bonds. The maximum atomic E-state index is 4.36. The Kier molecular flexibility index (Phi) is 8.73. The number of rotatable bonds is 10. The molecule has 1 nitrogen and oxygen atoms in total. The Balaban J connectivity index is 2.61. The van der Waals surface area contributed by atoms with E-state index in [1.807, 2.05) is 37.3 Å². The second-order valence-corrected chi connectivity index (χ2v) is 9.03. The van der Waals surface area contributed by atoms with E-state index < -0.39 is 5.41 Å². The molecule has 1 heterocycles. The summed E-state index contributed by atoms with van der Waals surface area (Å²) in [7, 11) is 2.09. The molecule has 1 aliphatic rings. The Morgan fingerprint density at radius 3 is 2.16 bits per heavy atom. The van der Waals surface area contributed by atoms with E-state index in [2.05, 4.69) is 125 Å². The molecule has 0 N–H and O–H groups in total. The van der Waals surface area contributed by atoms with Gasteiger partial charge in [-0.3, -0.25) is 0 Å². The van der Waals surface area contributed by atoms with Crippen molar-refractivity contribution in [2.45, 2.75) is 33.1 Å². The molecule has 0 bridgehead atoms. The SMILES string of the molecule is C=C/C=C\C(=C/C)C1(/C(C=C)=C/c2c(/C=C\C)c(C=C)n(C)c2C)C(/C=C\C)=C(C=C)c2ccccc21. The Labute approximate surface area is 223 Å². The minimum Gasteiger partial charge on any atom is -0.347 e. The highest BCUT2D eigenvalue weighted by atomic mass is 15.0. The van der Waals surface area contributed by atoms with Crippen LogP contribution in [0.5, 0.6) is 0 Å². The van der Waals surface area contributed by atoms with Crippen LogP contribution in [-0.4, -0.2) is 4.57 Å². The second kappa shape index (κ2) is 11.8. The molecule has 1 aromatic carbocycles. The first-order chi connectivity index (χ1) is 17.9. The molecule has 188 valence electrons. The van der Waals surface area contributed by atoms with Gasteiger partial charge in [-0.25, -0.2) is 0 Å². The van der Waals surface area contributed by atoms with Crippen LogP contribution in [0, 0.1) is 6.92 Å². The minimum atomic E-state index is -0.577. The fraction of sp³-hybridized carbons (Fsp3) is 0.167. The molecule has 0 saturated carbocycles. The maximum Gasteiger partial charge on any atom is 0.0710 e. The van der Waals surface area contributed by atoms with Crippen molar-refractivity contribution in [1.29, 1.82) is 0 Å². The lowest BCUT2D eigenvalue weighted by Gasteiger charge is -2.36. The summed E-state index contributed by atoms with van der Waals surface area (Å²) in [6.45, 7) is 25.0. The van der Waals surface area contributed by atoms with Gasteiger partial charge >= 0.3 is 0 Å². The van der Waals surface area contributed by atoms with E-state index in [0.29, 0.717) is 0 Å². The summed E-state index contributed by atoms with van der Waals surface area (Å²) in [6, 6.07) is 8.64. The molecule has 1 heteroatoms. The topological polar surface area (TPSA) is 4.93 Å². The van der Waals surface area contributed by atoms with E-state index in [-0.39, 0.29) is 0 Å². The summed E-state index contributed by atoms with van der Waals surface area (Å²) < 4.78 is 2.20. The van der Waals surface area contributed by atoms with Crippen molar-refractivity contribution in [3.63, 3.8) is 0 Å². The van der Waals surface area contributed by atoms with E-state index in [9.17, 15) is 0 Å². The molecule has 0 aliphatic heterocycles. The number of allylic oxidation sites excluding steroid dienone is 13. The molecule has 0 radical (unpaired) electrons. The molecule has 1 aromatic heterocycles. The smallest absolute Gasteiger partial charge is 0.0710 e. The van der Waals surface area contributed by atoms with Gasteiger partial charge in [0, 0.05) is 29.6 Å². The highest BCUT2D eigenvalue weighted by Crippen LogP contribution is 2.56. The summed E-state index contributed by atoms with van der Waals surface area (Å²) in [5.74, 6) is 0. The molecule has 0 saturated heterocycles. The van der Waals surface area contributed by atoms with Crippen LogP contribution in [0.25, 0.3) is 23.8 Å². The van der Waals surface area contributed by atoms with Gasteiger partial charge in [0.25, 0.3) is 0 Å². The van der Waals surface area contributed by atoms with E-state index >= 15 is 0 Å². The van der Waals surface area contributed by atoms with Gasteiger partial charge < -0.3 is 4.57 Å². The van der Waals surface area contributed by atoms with Crippen LogP contribution in [-0.2, 0) is 12.5 Å². The zero-order chi connectivity index (χ0) is 27.2. The van der Waals surface area contributed by atoms with Crippen LogP contribution in [0.2, 0.25) is 0 Å². The highest BCUT2D eigenvalue weighted by molar-refractivity contribution is 5.93. The summed E-state index contributed by atoms with van der Waals surface area (Å²) in [5.41, 5.74) is 11.0. The monoisotopic (exact) mass is 485 g/mol. The van der Waals surface area contributed by atoms with E-state index in [1.165, 1.54) is 22.4 Å². The second-order valence-electron chi connectivity index (χ2n) is 9.03. The van der Waals surface area contributed by atoms with Gasteiger partial charge in [-0.1, -0.05) is 111 Å². The molecule has 1 unspecified atom stereocenters. The Bertz CT molecular complexity index is 1420. The predicted octanol–water partition coefficient (Wildman–Crippen LogP) is 9.73. The number of hydrogen-bond acceptors (Lipinski definition) is 0. The lowest BCUT2D eigenvalue weighted by molar-refractivity contribution is 0.762. The zero-order valence-corrected chi connectivity index (χ0v) is 23.0.